The Hall–Kier alpha value is -1.39. The van der Waals surface area contributed by atoms with Crippen LogP contribution in [0.2, 0.25) is 0 Å². The molecular weight excluding hydrogens is 170 g/mol. The lowest BCUT2D eigenvalue weighted by Crippen LogP contribution is -2.19. The van der Waals surface area contributed by atoms with Gasteiger partial charge in [0.15, 0.2) is 5.69 Å². The minimum absolute atomic E-state index is 0.0703. The van der Waals surface area contributed by atoms with Gasteiger partial charge in [-0.2, -0.15) is 0 Å². The predicted molar refractivity (Wildman–Crippen MR) is 48.3 cm³/mol. The maximum atomic E-state index is 13.4. The number of rotatable bonds is 0. The summed E-state index contributed by atoms with van der Waals surface area (Å²) in [6.45, 7) is 0.149. The summed E-state index contributed by atoms with van der Waals surface area (Å²) in [6, 6.07) is 2.93. The fourth-order valence-corrected chi connectivity index (χ4v) is 1.47. The maximum absolute atomic E-state index is 13.4. The van der Waals surface area contributed by atoms with Gasteiger partial charge in [-0.15, -0.1) is 0 Å². The van der Waals surface area contributed by atoms with Crippen molar-refractivity contribution in [2.45, 2.75) is 0 Å². The molecule has 0 aliphatic carbocycles. The lowest BCUT2D eigenvalue weighted by molar-refractivity contribution is -0.451. The zero-order valence-electron chi connectivity index (χ0n) is 7.12. The number of halogens is 1. The highest BCUT2D eigenvalue weighted by Gasteiger charge is 2.34. The molecule has 1 aliphatic rings. The van der Waals surface area contributed by atoms with Gasteiger partial charge in [0, 0.05) is 18.0 Å². The molecule has 1 heterocycles. The molecule has 1 aromatic carbocycles. The normalized spacial score (nSPS) is 14.9. The fourth-order valence-electron chi connectivity index (χ4n) is 1.47. The smallest absolute Gasteiger partial charge is 0.284 e. The van der Waals surface area contributed by atoms with Crippen LogP contribution in [0.4, 0.5) is 15.8 Å². The number of hydrogen-bond acceptors (Lipinski definition) is 2. The highest BCUT2D eigenvalue weighted by Crippen LogP contribution is 2.34. The Morgan fingerprint density at radius 1 is 1.62 bits per heavy atom. The van der Waals surface area contributed by atoms with Crippen LogP contribution in [0.25, 0.3) is 0 Å². The van der Waals surface area contributed by atoms with Crippen LogP contribution in [-0.2, 0) is 0 Å². The Labute approximate surface area is 76.1 Å². The molecule has 0 unspecified atom stereocenters. The number of nitroso groups, excluding NO2 is 1. The topological polar surface area (TPSA) is 23.3 Å². The third-order valence-electron chi connectivity index (χ3n) is 2.12. The molecule has 0 saturated carbocycles. The van der Waals surface area contributed by atoms with Crippen LogP contribution in [0.3, 0.4) is 0 Å². The summed E-state index contributed by atoms with van der Waals surface area (Å²) in [4.78, 5) is 12.7. The van der Waals surface area contributed by atoms with E-state index in [-0.39, 0.29) is 17.8 Å². The van der Waals surface area contributed by atoms with Gasteiger partial charge in [0.05, 0.1) is 4.76 Å². The SMILES string of the molecule is [B]c1ccc2c(c1F)N(C)C[N+]2=O. The number of anilines is 1. The van der Waals surface area contributed by atoms with E-state index in [1.807, 2.05) is 0 Å². The van der Waals surface area contributed by atoms with Gasteiger partial charge in [-0.3, -0.25) is 0 Å². The van der Waals surface area contributed by atoms with E-state index < -0.39 is 5.82 Å². The Morgan fingerprint density at radius 2 is 2.31 bits per heavy atom. The third-order valence-corrected chi connectivity index (χ3v) is 2.12. The molecular formula is C8H7BFN2O+. The first-order valence-electron chi connectivity index (χ1n) is 3.85. The minimum atomic E-state index is -0.515. The van der Waals surface area contributed by atoms with E-state index in [0.717, 1.165) is 4.76 Å². The van der Waals surface area contributed by atoms with Gasteiger partial charge in [0.2, 0.25) is 0 Å². The fraction of sp³-hybridized carbons (Fsp3) is 0.250. The molecule has 2 radical (unpaired) electrons. The summed E-state index contributed by atoms with van der Waals surface area (Å²) in [6.07, 6.45) is 0. The summed E-state index contributed by atoms with van der Waals surface area (Å²) in [7, 11) is 7.03. The van der Waals surface area contributed by atoms with Crippen molar-refractivity contribution in [2.24, 2.45) is 0 Å². The van der Waals surface area contributed by atoms with Crippen molar-refractivity contribution < 1.29 is 9.15 Å². The maximum Gasteiger partial charge on any atom is 0.284 e. The van der Waals surface area contributed by atoms with Gasteiger partial charge in [-0.05, 0) is 0 Å². The van der Waals surface area contributed by atoms with Gasteiger partial charge in [-0.25, -0.2) is 4.39 Å². The summed E-state index contributed by atoms with van der Waals surface area (Å²) < 4.78 is 14.1. The number of nitrogens with zero attached hydrogens (tertiary/aromatic N) is 2. The molecule has 0 aromatic heterocycles. The second-order valence-corrected chi connectivity index (χ2v) is 3.05. The molecule has 0 fully saturated rings. The van der Waals surface area contributed by atoms with E-state index >= 15 is 0 Å². The van der Waals surface area contributed by atoms with Crippen LogP contribution >= 0.6 is 0 Å². The second-order valence-electron chi connectivity index (χ2n) is 3.05. The van der Waals surface area contributed by atoms with Gasteiger partial charge in [0.1, 0.15) is 13.7 Å². The van der Waals surface area contributed by atoms with E-state index in [1.165, 1.54) is 17.0 Å². The summed E-state index contributed by atoms with van der Waals surface area (Å²) in [5.41, 5.74) is 0.699. The van der Waals surface area contributed by atoms with Crippen molar-refractivity contribution in [3.8, 4) is 0 Å². The predicted octanol–water partition coefficient (Wildman–Crippen LogP) is 0.437. The van der Waals surface area contributed by atoms with Crippen molar-refractivity contribution in [1.82, 2.24) is 0 Å². The highest BCUT2D eigenvalue weighted by atomic mass is 19.1. The molecule has 0 saturated heterocycles. The first-order valence-corrected chi connectivity index (χ1v) is 3.85. The van der Waals surface area contributed by atoms with Crippen LogP contribution < -0.4 is 10.4 Å². The van der Waals surface area contributed by atoms with E-state index in [4.69, 9.17) is 7.85 Å². The number of benzene rings is 1. The van der Waals surface area contributed by atoms with Crippen LogP contribution in [-0.4, -0.2) is 26.3 Å². The van der Waals surface area contributed by atoms with Crippen molar-refractivity contribution in [1.29, 1.82) is 0 Å². The van der Waals surface area contributed by atoms with Crippen LogP contribution in [0.15, 0.2) is 12.1 Å². The molecule has 0 bridgehead atoms. The molecule has 0 spiro atoms. The zero-order chi connectivity index (χ0) is 9.59. The highest BCUT2D eigenvalue weighted by molar-refractivity contribution is 6.33. The average molecular weight is 177 g/mol. The first kappa shape index (κ1) is 8.22. The van der Waals surface area contributed by atoms with Gasteiger partial charge in [-0.1, -0.05) is 11.5 Å². The molecule has 0 N–H and O–H groups in total. The van der Waals surface area contributed by atoms with E-state index in [2.05, 4.69) is 0 Å². The molecule has 2 rings (SSSR count). The minimum Gasteiger partial charge on any atom is -0.308 e. The molecule has 1 aromatic rings. The standard InChI is InChI=1S/C8H7BFN2O/c1-11-4-12(13)6-3-2-5(9)7(10)8(6)11/h2-3H,4H2,1H3/q+1. The molecule has 3 nitrogen and oxygen atoms in total. The number of hydrogen-bond donors (Lipinski definition) is 0. The van der Waals surface area contributed by atoms with Crippen molar-refractivity contribution in [3.63, 3.8) is 0 Å². The zero-order valence-corrected chi connectivity index (χ0v) is 7.12. The molecule has 1 aliphatic heterocycles. The van der Waals surface area contributed by atoms with Gasteiger partial charge >= 0.3 is 0 Å². The Balaban J connectivity index is 2.70. The average Bonchev–Trinajstić information content (AvgIpc) is 2.35. The summed E-state index contributed by atoms with van der Waals surface area (Å²) >= 11 is 0. The lowest BCUT2D eigenvalue weighted by atomic mass is 9.94. The lowest BCUT2D eigenvalue weighted by Gasteiger charge is -2.06. The van der Waals surface area contributed by atoms with Crippen molar-refractivity contribution in [3.05, 3.63) is 22.9 Å². The van der Waals surface area contributed by atoms with E-state index in [0.29, 0.717) is 5.69 Å². The largest absolute Gasteiger partial charge is 0.308 e. The molecule has 13 heavy (non-hydrogen) atoms. The molecule has 5 heteroatoms. The second kappa shape index (κ2) is 2.55. The number of fused-ring (bicyclic) bond motifs is 1. The van der Waals surface area contributed by atoms with E-state index in [9.17, 15) is 9.30 Å². The summed E-state index contributed by atoms with van der Waals surface area (Å²) in [5.74, 6) is -0.515. The van der Waals surface area contributed by atoms with Gasteiger partial charge < -0.3 is 4.90 Å². The quantitative estimate of drug-likeness (QED) is 0.423. The molecule has 0 atom stereocenters. The van der Waals surface area contributed by atoms with Crippen LogP contribution in [0, 0.1) is 10.7 Å². The van der Waals surface area contributed by atoms with E-state index in [1.54, 1.807) is 7.05 Å². The first-order chi connectivity index (χ1) is 6.11. The monoisotopic (exact) mass is 177 g/mol. The van der Waals surface area contributed by atoms with Crippen molar-refractivity contribution in [2.75, 3.05) is 18.6 Å². The Morgan fingerprint density at radius 3 is 3.00 bits per heavy atom. The third kappa shape index (κ3) is 1.03. The van der Waals surface area contributed by atoms with Crippen molar-refractivity contribution >= 4 is 24.7 Å². The Kier molecular flexibility index (Phi) is 1.61. The van der Waals surface area contributed by atoms with Crippen LogP contribution in [0.5, 0.6) is 0 Å². The van der Waals surface area contributed by atoms with Crippen LogP contribution in [0.1, 0.15) is 0 Å². The molecule has 64 valence electrons. The Bertz CT molecular complexity index is 394. The molecule has 0 amide bonds. The van der Waals surface area contributed by atoms with Gasteiger partial charge in [0.25, 0.3) is 12.4 Å². The summed E-state index contributed by atoms with van der Waals surface area (Å²) in [5, 5.41) is 0.